The number of rotatable bonds is 1. The highest BCUT2D eigenvalue weighted by molar-refractivity contribution is 5.81. The van der Waals surface area contributed by atoms with Crippen LogP contribution in [0.5, 0.6) is 0 Å². The molecule has 3 aromatic heterocycles. The summed E-state index contributed by atoms with van der Waals surface area (Å²) >= 11 is 0. The minimum Gasteiger partial charge on any atom is -0.280 e. The largest absolute Gasteiger partial charge is 0.283 e. The molecule has 4 nitrogen and oxygen atoms in total. The molecule has 0 unspecified atom stereocenters. The van der Waals surface area contributed by atoms with E-state index in [2.05, 4.69) is 66.3 Å². The second kappa shape index (κ2) is 4.37. The van der Waals surface area contributed by atoms with Crippen LogP contribution in [0.2, 0.25) is 0 Å². The Labute approximate surface area is 129 Å². The van der Waals surface area contributed by atoms with E-state index in [1.807, 2.05) is 12.1 Å². The van der Waals surface area contributed by atoms with Gasteiger partial charge in [-0.3, -0.25) is 10.2 Å². The lowest BCUT2D eigenvalue weighted by atomic mass is 10.1. The first kappa shape index (κ1) is 13.0. The molecule has 0 bridgehead atoms. The van der Waals surface area contributed by atoms with Crippen molar-refractivity contribution in [1.29, 1.82) is 0 Å². The molecule has 0 radical (unpaired) electrons. The van der Waals surface area contributed by atoms with E-state index < -0.39 is 0 Å². The quantitative estimate of drug-likeness (QED) is 0.425. The molecule has 0 atom stereocenters. The summed E-state index contributed by atoms with van der Waals surface area (Å²) in [6.45, 7) is 6.34. The Kier molecular flexibility index (Phi) is 2.57. The second-order valence-corrected chi connectivity index (χ2v) is 5.84. The zero-order valence-electron chi connectivity index (χ0n) is 13.0. The monoisotopic (exact) mass is 291 g/mol. The Morgan fingerprint density at radius 2 is 1.68 bits per heavy atom. The Bertz CT molecular complexity index is 1000. The molecule has 0 aliphatic rings. The van der Waals surface area contributed by atoms with E-state index in [0.29, 0.717) is 0 Å². The summed E-state index contributed by atoms with van der Waals surface area (Å²) in [5.74, 6) is 7.34. The van der Waals surface area contributed by atoms with Crippen LogP contribution in [0.15, 0.2) is 48.7 Å². The average molecular weight is 291 g/mol. The third-order valence-electron chi connectivity index (χ3n) is 4.44. The number of benzene rings is 1. The normalized spacial score (nSPS) is 11.6. The Hall–Kier alpha value is -2.75. The molecule has 4 rings (SSSR count). The number of para-hydroxylation sites is 1. The third-order valence-corrected chi connectivity index (χ3v) is 4.44. The van der Waals surface area contributed by atoms with Gasteiger partial charge in [-0.1, -0.05) is 24.3 Å². The van der Waals surface area contributed by atoms with Gasteiger partial charge in [0.05, 0.1) is 5.52 Å². The minimum absolute atomic E-state index is 1.01. The number of imidazole rings is 1. The van der Waals surface area contributed by atoms with Crippen LogP contribution in [-0.4, -0.2) is 8.97 Å². The van der Waals surface area contributed by atoms with E-state index >= 15 is 0 Å². The molecule has 1 aromatic carbocycles. The van der Waals surface area contributed by atoms with Gasteiger partial charge < -0.3 is 0 Å². The zero-order valence-corrected chi connectivity index (χ0v) is 13.0. The van der Waals surface area contributed by atoms with Gasteiger partial charge >= 0.3 is 0 Å². The van der Waals surface area contributed by atoms with Gasteiger partial charge in [-0.05, 0) is 37.1 Å². The van der Waals surface area contributed by atoms with Crippen LogP contribution in [0.25, 0.3) is 22.4 Å². The molecule has 0 spiro atoms. The number of fused-ring (bicyclic) bond motifs is 3. The first-order chi connectivity index (χ1) is 10.6. The topological polar surface area (TPSA) is 39.2 Å². The van der Waals surface area contributed by atoms with Crippen molar-refractivity contribution in [3.8, 4) is 5.69 Å². The number of hydrogen-bond donors (Lipinski definition) is 1. The van der Waals surface area contributed by atoms with Crippen LogP contribution in [-0.2, 0) is 0 Å². The van der Waals surface area contributed by atoms with Crippen LogP contribution in [0, 0.1) is 20.8 Å². The van der Waals surface area contributed by atoms with Crippen LogP contribution < -0.4 is 10.5 Å². The van der Waals surface area contributed by atoms with Gasteiger partial charge in [-0.15, -0.1) is 4.68 Å². The summed E-state index contributed by atoms with van der Waals surface area (Å²) in [6, 6.07) is 14.7. The molecule has 4 heteroatoms. The molecule has 2 N–H and O–H groups in total. The standard InChI is InChI=1S/C18H19N4/c1-12-7-6-8-13(2)17(12)21-14(3)22(19)16-11-15-9-4-5-10-20(15)18(16)21/h4-11H,19H2,1-3H3/q+1. The van der Waals surface area contributed by atoms with Crippen LogP contribution in [0.1, 0.15) is 17.0 Å². The fourth-order valence-electron chi connectivity index (χ4n) is 3.36. The molecule has 0 saturated heterocycles. The first-order valence-corrected chi connectivity index (χ1v) is 7.44. The van der Waals surface area contributed by atoms with Gasteiger partial charge in [-0.25, -0.2) is 0 Å². The number of aryl methyl sites for hydroxylation is 2. The fraction of sp³-hybridized carbons (Fsp3) is 0.167. The van der Waals surface area contributed by atoms with Crippen LogP contribution >= 0.6 is 0 Å². The molecule has 0 amide bonds. The molecule has 0 saturated carbocycles. The van der Waals surface area contributed by atoms with Gasteiger partial charge in [0.2, 0.25) is 5.52 Å². The predicted octanol–water partition coefficient (Wildman–Crippen LogP) is 2.81. The first-order valence-electron chi connectivity index (χ1n) is 7.44. The summed E-state index contributed by atoms with van der Waals surface area (Å²) in [7, 11) is 0. The van der Waals surface area contributed by atoms with E-state index in [1.54, 1.807) is 4.68 Å². The van der Waals surface area contributed by atoms with Gasteiger partial charge in [0.15, 0.2) is 0 Å². The van der Waals surface area contributed by atoms with Gasteiger partial charge in [-0.2, -0.15) is 4.57 Å². The zero-order chi connectivity index (χ0) is 15.4. The van der Waals surface area contributed by atoms with Gasteiger partial charge in [0, 0.05) is 19.2 Å². The summed E-state index contributed by atoms with van der Waals surface area (Å²) in [4.78, 5) is 0. The van der Waals surface area contributed by atoms with Crippen LogP contribution in [0.3, 0.4) is 0 Å². The van der Waals surface area contributed by atoms with Crippen molar-refractivity contribution < 1.29 is 4.68 Å². The lowest BCUT2D eigenvalue weighted by Crippen LogP contribution is -2.46. The van der Waals surface area contributed by atoms with E-state index in [4.69, 9.17) is 5.84 Å². The lowest BCUT2D eigenvalue weighted by molar-refractivity contribution is -0.618. The molecule has 110 valence electrons. The molecule has 0 fully saturated rings. The number of nitrogens with two attached hydrogens (primary N) is 1. The highest BCUT2D eigenvalue weighted by Gasteiger charge is 2.27. The summed E-state index contributed by atoms with van der Waals surface area (Å²) < 4.78 is 6.22. The smallest absolute Gasteiger partial charge is 0.280 e. The van der Waals surface area contributed by atoms with Gasteiger partial charge in [0.1, 0.15) is 5.69 Å². The molecule has 0 aliphatic carbocycles. The SMILES string of the molecule is Cc1cccc(C)c1-n1c(C)[n+](N)c2cc3ccccn3c21. The average Bonchev–Trinajstić information content (AvgIpc) is 2.98. The molecular weight excluding hydrogens is 272 g/mol. The Morgan fingerprint density at radius 3 is 2.41 bits per heavy atom. The molecule has 22 heavy (non-hydrogen) atoms. The minimum atomic E-state index is 1.01. The highest BCUT2D eigenvalue weighted by atomic mass is 15.4. The fourth-order valence-corrected chi connectivity index (χ4v) is 3.36. The lowest BCUT2D eigenvalue weighted by Gasteiger charge is -2.08. The third kappa shape index (κ3) is 1.55. The van der Waals surface area contributed by atoms with Crippen molar-refractivity contribution >= 4 is 16.7 Å². The van der Waals surface area contributed by atoms with Gasteiger partial charge in [0.25, 0.3) is 11.5 Å². The summed E-state index contributed by atoms with van der Waals surface area (Å²) in [5.41, 5.74) is 6.97. The van der Waals surface area contributed by atoms with Crippen molar-refractivity contribution in [2.45, 2.75) is 20.8 Å². The van der Waals surface area contributed by atoms with E-state index in [9.17, 15) is 0 Å². The number of hydrogen-bond acceptors (Lipinski definition) is 1. The maximum Gasteiger partial charge on any atom is 0.283 e. The molecule has 3 heterocycles. The summed E-state index contributed by atoms with van der Waals surface area (Å²) in [6.07, 6.45) is 2.08. The number of nitrogens with zero attached hydrogens (tertiary/aromatic N) is 3. The van der Waals surface area contributed by atoms with Crippen molar-refractivity contribution in [3.05, 3.63) is 65.6 Å². The second-order valence-electron chi connectivity index (χ2n) is 5.84. The number of nitrogen functional groups attached to an aromatic ring is 1. The summed E-state index contributed by atoms with van der Waals surface area (Å²) in [5, 5.41) is 0. The number of pyridine rings is 1. The van der Waals surface area contributed by atoms with E-state index in [0.717, 1.165) is 22.5 Å². The van der Waals surface area contributed by atoms with Crippen LogP contribution in [0.4, 0.5) is 0 Å². The molecule has 0 aliphatic heterocycles. The van der Waals surface area contributed by atoms with Crippen molar-refractivity contribution in [3.63, 3.8) is 0 Å². The molecular formula is C18H19N4+. The molecule has 4 aromatic rings. The Morgan fingerprint density at radius 1 is 0.955 bits per heavy atom. The van der Waals surface area contributed by atoms with Crippen molar-refractivity contribution in [1.82, 2.24) is 8.97 Å². The van der Waals surface area contributed by atoms with E-state index in [-0.39, 0.29) is 0 Å². The predicted molar refractivity (Wildman–Crippen MR) is 88.8 cm³/mol. The van der Waals surface area contributed by atoms with Crippen molar-refractivity contribution in [2.24, 2.45) is 0 Å². The number of aromatic nitrogens is 3. The maximum atomic E-state index is 6.32. The van der Waals surface area contributed by atoms with E-state index in [1.165, 1.54) is 16.8 Å². The maximum absolute atomic E-state index is 6.32. The Balaban J connectivity index is 2.24. The highest BCUT2D eigenvalue weighted by Crippen LogP contribution is 2.27. The van der Waals surface area contributed by atoms with Crippen molar-refractivity contribution in [2.75, 3.05) is 5.84 Å².